The number of carbonyl (C=O) groups excluding carboxylic acids is 3. The summed E-state index contributed by atoms with van der Waals surface area (Å²) >= 11 is 5.57. The van der Waals surface area contributed by atoms with Gasteiger partial charge in [-0.1, -0.05) is 11.6 Å². The third kappa shape index (κ3) is 8.91. The maximum Gasteiger partial charge on any atom is 0.258 e. The van der Waals surface area contributed by atoms with Crippen LogP contribution in [0.2, 0.25) is 5.02 Å². The van der Waals surface area contributed by atoms with E-state index in [1.54, 1.807) is 24.3 Å². The molecule has 3 N–H and O–H groups in total. The number of hydrogen-bond donors (Lipinski definition) is 3. The van der Waals surface area contributed by atoms with Gasteiger partial charge in [-0.25, -0.2) is 4.39 Å². The van der Waals surface area contributed by atoms with Crippen LogP contribution in [0.25, 0.3) is 0 Å². The number of amides is 2. The summed E-state index contributed by atoms with van der Waals surface area (Å²) in [7, 11) is 0. The number of ether oxygens (including phenoxy) is 2. The Bertz CT molecular complexity index is 939. The third-order valence-electron chi connectivity index (χ3n) is 4.23. The molecule has 2 rings (SSSR count). The molecule has 0 aliphatic heterocycles. The Morgan fingerprint density at radius 3 is 2.22 bits per heavy atom. The second-order valence-electron chi connectivity index (χ2n) is 6.83. The van der Waals surface area contributed by atoms with E-state index in [2.05, 4.69) is 10.6 Å². The van der Waals surface area contributed by atoms with Crippen molar-refractivity contribution in [1.82, 2.24) is 10.6 Å². The second kappa shape index (κ2) is 12.6. The number of halogens is 2. The van der Waals surface area contributed by atoms with Crippen molar-refractivity contribution >= 4 is 29.2 Å². The predicted molar refractivity (Wildman–Crippen MR) is 115 cm³/mol. The molecule has 0 unspecified atom stereocenters. The molecule has 172 valence electrons. The van der Waals surface area contributed by atoms with Gasteiger partial charge in [0.2, 0.25) is 0 Å². The summed E-state index contributed by atoms with van der Waals surface area (Å²) in [5.74, 6) is -0.970. The molecule has 0 saturated carbocycles. The highest BCUT2D eigenvalue weighted by Crippen LogP contribution is 2.20. The van der Waals surface area contributed by atoms with Crippen LogP contribution in [0.3, 0.4) is 0 Å². The molecule has 0 bridgehead atoms. The molecule has 2 amide bonds. The van der Waals surface area contributed by atoms with Crippen molar-refractivity contribution in [3.05, 3.63) is 58.9 Å². The monoisotopic (exact) mass is 466 g/mol. The molecule has 0 spiro atoms. The lowest BCUT2D eigenvalue weighted by atomic mass is 10.1. The van der Waals surface area contributed by atoms with Gasteiger partial charge in [0, 0.05) is 24.7 Å². The highest BCUT2D eigenvalue weighted by Gasteiger charge is 2.10. The zero-order valence-electron chi connectivity index (χ0n) is 17.4. The molecule has 0 fully saturated rings. The number of hydrogen-bond acceptors (Lipinski definition) is 6. The van der Waals surface area contributed by atoms with Gasteiger partial charge in [0.25, 0.3) is 11.8 Å². The summed E-state index contributed by atoms with van der Waals surface area (Å²) in [6.07, 6.45) is -0.671. The normalized spacial score (nSPS) is 11.4. The first kappa shape index (κ1) is 25.1. The molecule has 2 aromatic rings. The zero-order valence-corrected chi connectivity index (χ0v) is 18.2. The van der Waals surface area contributed by atoms with Crippen LogP contribution in [-0.4, -0.2) is 55.1 Å². The second-order valence-corrected chi connectivity index (χ2v) is 7.24. The fourth-order valence-corrected chi connectivity index (χ4v) is 2.58. The molecule has 32 heavy (non-hydrogen) atoms. The molecule has 2 aromatic carbocycles. The predicted octanol–water partition coefficient (Wildman–Crippen LogP) is 2.12. The largest absolute Gasteiger partial charge is 0.484 e. The molecule has 1 atom stereocenters. The van der Waals surface area contributed by atoms with Crippen LogP contribution < -0.4 is 20.1 Å². The van der Waals surface area contributed by atoms with Gasteiger partial charge in [0.05, 0.1) is 11.1 Å². The summed E-state index contributed by atoms with van der Waals surface area (Å²) in [6.45, 7) is 1.04. The topological polar surface area (TPSA) is 114 Å². The number of rotatable bonds is 12. The van der Waals surface area contributed by atoms with Crippen LogP contribution in [0.4, 0.5) is 4.39 Å². The van der Waals surface area contributed by atoms with Gasteiger partial charge in [-0.2, -0.15) is 0 Å². The molecule has 0 aliphatic rings. The van der Waals surface area contributed by atoms with Gasteiger partial charge in [-0.3, -0.25) is 14.4 Å². The van der Waals surface area contributed by atoms with Crippen LogP contribution in [0.5, 0.6) is 11.5 Å². The van der Waals surface area contributed by atoms with Crippen LogP contribution in [0, 0.1) is 5.82 Å². The Labute approximate surface area is 189 Å². The SMILES string of the molecule is CC(=O)c1ccc(OCC(=O)NC[C@@H](O)CCNC(=O)COc2ccc(Cl)c(F)c2)cc1. The van der Waals surface area contributed by atoms with Gasteiger partial charge in [0.1, 0.15) is 17.3 Å². The number of Topliss-reactive ketones (excluding diaryl/α,β-unsaturated/α-hetero) is 1. The Kier molecular flexibility index (Phi) is 9.90. The van der Waals surface area contributed by atoms with Gasteiger partial charge < -0.3 is 25.2 Å². The van der Waals surface area contributed by atoms with Crippen LogP contribution >= 0.6 is 11.6 Å². The van der Waals surface area contributed by atoms with E-state index >= 15 is 0 Å². The number of carbonyl (C=O) groups is 3. The lowest BCUT2D eigenvalue weighted by Crippen LogP contribution is -2.37. The molecule has 8 nitrogen and oxygen atoms in total. The third-order valence-corrected chi connectivity index (χ3v) is 4.53. The van der Waals surface area contributed by atoms with Crippen molar-refractivity contribution in [2.45, 2.75) is 19.4 Å². The molecule has 10 heteroatoms. The van der Waals surface area contributed by atoms with Crippen LogP contribution in [0.1, 0.15) is 23.7 Å². The maximum atomic E-state index is 13.3. The van der Waals surface area contributed by atoms with Gasteiger partial charge in [-0.15, -0.1) is 0 Å². The Hall–Kier alpha value is -3.17. The van der Waals surface area contributed by atoms with Crippen LogP contribution in [0.15, 0.2) is 42.5 Å². The zero-order chi connectivity index (χ0) is 23.5. The molecule has 0 heterocycles. The highest BCUT2D eigenvalue weighted by molar-refractivity contribution is 6.30. The van der Waals surface area contributed by atoms with E-state index in [4.69, 9.17) is 21.1 Å². The minimum atomic E-state index is -0.875. The molecule has 0 radical (unpaired) electrons. The summed E-state index contributed by atoms with van der Waals surface area (Å²) in [5, 5.41) is 15.0. The molecular formula is C22H24ClFN2O6. The van der Waals surface area contributed by atoms with Crippen LogP contribution in [-0.2, 0) is 9.59 Å². The number of ketones is 1. The lowest BCUT2D eigenvalue weighted by molar-refractivity contribution is -0.124. The number of aliphatic hydroxyl groups is 1. The minimum absolute atomic E-state index is 0.0120. The van der Waals surface area contributed by atoms with Crippen molar-refractivity contribution in [2.24, 2.45) is 0 Å². The minimum Gasteiger partial charge on any atom is -0.484 e. The van der Waals surface area contributed by atoms with Crippen molar-refractivity contribution in [2.75, 3.05) is 26.3 Å². The fraction of sp³-hybridized carbons (Fsp3) is 0.318. The summed E-state index contributed by atoms with van der Waals surface area (Å²) in [5.41, 5.74) is 0.544. The van der Waals surface area contributed by atoms with Gasteiger partial charge in [0.15, 0.2) is 19.0 Å². The lowest BCUT2D eigenvalue weighted by Gasteiger charge is -2.13. The highest BCUT2D eigenvalue weighted by atomic mass is 35.5. The molecule has 0 aliphatic carbocycles. The smallest absolute Gasteiger partial charge is 0.258 e. The van der Waals surface area contributed by atoms with Crippen molar-refractivity contribution in [1.29, 1.82) is 0 Å². The van der Waals surface area contributed by atoms with Crippen molar-refractivity contribution in [3.63, 3.8) is 0 Å². The molecule has 0 aromatic heterocycles. The van der Waals surface area contributed by atoms with E-state index in [-0.39, 0.29) is 49.3 Å². The number of benzene rings is 2. The summed E-state index contributed by atoms with van der Waals surface area (Å²) in [6, 6.07) is 10.2. The first-order chi connectivity index (χ1) is 15.2. The maximum absolute atomic E-state index is 13.3. The first-order valence-electron chi connectivity index (χ1n) is 9.77. The number of aliphatic hydroxyl groups excluding tert-OH is 1. The summed E-state index contributed by atoms with van der Waals surface area (Å²) < 4.78 is 23.8. The van der Waals surface area contributed by atoms with E-state index in [0.717, 1.165) is 6.07 Å². The average molecular weight is 467 g/mol. The van der Waals surface area contributed by atoms with Crippen molar-refractivity contribution < 1.29 is 33.4 Å². The van der Waals surface area contributed by atoms with E-state index in [0.29, 0.717) is 11.3 Å². The quantitative estimate of drug-likeness (QED) is 0.413. The number of nitrogens with one attached hydrogen (secondary N) is 2. The molecular weight excluding hydrogens is 443 g/mol. The molecule has 0 saturated heterocycles. The van der Waals surface area contributed by atoms with E-state index in [1.165, 1.54) is 19.1 Å². The standard InChI is InChI=1S/C22H24ClFN2O6/c1-14(27)15-2-4-17(5-3-15)31-13-22(30)26-11-16(28)8-9-25-21(29)12-32-18-6-7-19(23)20(24)10-18/h2-7,10,16,28H,8-9,11-13H2,1H3,(H,25,29)(H,26,30)/t16-/m0/s1. The summed E-state index contributed by atoms with van der Waals surface area (Å²) in [4.78, 5) is 34.8. The average Bonchev–Trinajstić information content (AvgIpc) is 2.77. The van der Waals surface area contributed by atoms with E-state index in [1.807, 2.05) is 0 Å². The van der Waals surface area contributed by atoms with Gasteiger partial charge >= 0.3 is 0 Å². The van der Waals surface area contributed by atoms with Gasteiger partial charge in [-0.05, 0) is 49.7 Å². The first-order valence-corrected chi connectivity index (χ1v) is 10.2. The van der Waals surface area contributed by atoms with Crippen molar-refractivity contribution in [3.8, 4) is 11.5 Å². The Morgan fingerprint density at radius 1 is 1.00 bits per heavy atom. The van der Waals surface area contributed by atoms with E-state index < -0.39 is 23.7 Å². The van der Waals surface area contributed by atoms with E-state index in [9.17, 15) is 23.9 Å². The Morgan fingerprint density at radius 2 is 1.59 bits per heavy atom. The fourth-order valence-electron chi connectivity index (χ4n) is 2.46. The Balaban J connectivity index is 1.57.